The maximum absolute atomic E-state index is 12.9. The van der Waals surface area contributed by atoms with Crippen LogP contribution < -0.4 is 10.2 Å². The summed E-state index contributed by atoms with van der Waals surface area (Å²) in [7, 11) is 0. The molecule has 3 atom stereocenters. The maximum atomic E-state index is 12.9. The second kappa shape index (κ2) is 8.78. The largest absolute Gasteiger partial charge is 0.452 e. The van der Waals surface area contributed by atoms with Crippen molar-refractivity contribution in [1.82, 2.24) is 0 Å². The predicted octanol–water partition coefficient (Wildman–Crippen LogP) is 3.49. The topological polar surface area (TPSA) is 92.8 Å². The van der Waals surface area contributed by atoms with Gasteiger partial charge in [-0.05, 0) is 55.2 Å². The highest BCUT2D eigenvalue weighted by Crippen LogP contribution is 2.40. The summed E-state index contributed by atoms with van der Waals surface area (Å²) in [4.78, 5) is 51.3. The number of esters is 1. The normalized spacial score (nSPS) is 21.9. The molecule has 7 nitrogen and oxygen atoms in total. The molecule has 0 unspecified atom stereocenters. The number of carbonyl (C=O) groups excluding carboxylic acids is 4. The Bertz CT molecular complexity index is 1110. The van der Waals surface area contributed by atoms with Crippen molar-refractivity contribution >= 4 is 35.1 Å². The lowest BCUT2D eigenvalue weighted by Gasteiger charge is -2.22. The van der Waals surface area contributed by atoms with Gasteiger partial charge in [-0.15, -0.1) is 0 Å². The van der Waals surface area contributed by atoms with Crippen LogP contribution in [0.25, 0.3) is 0 Å². The summed E-state index contributed by atoms with van der Waals surface area (Å²) >= 11 is 0. The van der Waals surface area contributed by atoms with Gasteiger partial charge in [0, 0.05) is 5.69 Å². The number of ether oxygens (including phenoxy) is 1. The number of nitrogens with zero attached hydrogens (tertiary/aromatic N) is 1. The molecule has 3 amide bonds. The number of aryl methyl sites for hydroxylation is 1. The molecule has 164 valence electrons. The number of rotatable bonds is 5. The van der Waals surface area contributed by atoms with Crippen LogP contribution in [0.1, 0.15) is 29.3 Å². The van der Waals surface area contributed by atoms with E-state index in [0.717, 1.165) is 5.56 Å². The average Bonchev–Trinajstić information content (AvgIpc) is 3.05. The van der Waals surface area contributed by atoms with Crippen molar-refractivity contribution in [3.63, 3.8) is 0 Å². The summed E-state index contributed by atoms with van der Waals surface area (Å²) in [6, 6.07) is 13.4. The number of amides is 3. The second-order valence-corrected chi connectivity index (χ2v) is 8.15. The second-order valence-electron chi connectivity index (χ2n) is 8.15. The van der Waals surface area contributed by atoms with Crippen LogP contribution in [0.5, 0.6) is 0 Å². The van der Waals surface area contributed by atoms with Crippen molar-refractivity contribution in [2.24, 2.45) is 17.8 Å². The number of fused-ring (bicyclic) bond motifs is 1. The van der Waals surface area contributed by atoms with Crippen LogP contribution >= 0.6 is 0 Å². The standard InChI is InChI=1S/C25H24N2O5/c1-15-6-3-4-9-20(15)26-21(28)14-32-25(31)17-10-12-18(13-11-17)27-23(29)19-8-5-7-16(2)22(19)24(27)30/h3-7,9-13,16,19,22H,8,14H2,1-2H3,(H,26,28)/t16-,19+,22+/m0/s1. The fourth-order valence-corrected chi connectivity index (χ4v) is 4.26. The summed E-state index contributed by atoms with van der Waals surface area (Å²) in [6.07, 6.45) is 4.49. The molecule has 1 N–H and O–H groups in total. The summed E-state index contributed by atoms with van der Waals surface area (Å²) in [5, 5.41) is 2.70. The summed E-state index contributed by atoms with van der Waals surface area (Å²) in [5.41, 5.74) is 2.21. The Balaban J connectivity index is 1.38. The zero-order valence-corrected chi connectivity index (χ0v) is 17.9. The van der Waals surface area contributed by atoms with Crippen LogP contribution in [0.2, 0.25) is 0 Å². The first-order valence-corrected chi connectivity index (χ1v) is 10.5. The van der Waals surface area contributed by atoms with Gasteiger partial charge >= 0.3 is 5.97 Å². The molecule has 1 aliphatic carbocycles. The first kappa shape index (κ1) is 21.5. The third-order valence-corrected chi connectivity index (χ3v) is 5.99. The van der Waals surface area contributed by atoms with E-state index in [1.807, 2.05) is 38.1 Å². The van der Waals surface area contributed by atoms with Crippen molar-refractivity contribution < 1.29 is 23.9 Å². The highest BCUT2D eigenvalue weighted by atomic mass is 16.5. The van der Waals surface area contributed by atoms with E-state index in [1.165, 1.54) is 17.0 Å². The van der Waals surface area contributed by atoms with E-state index >= 15 is 0 Å². The zero-order chi connectivity index (χ0) is 22.8. The van der Waals surface area contributed by atoms with E-state index in [2.05, 4.69) is 5.32 Å². The van der Waals surface area contributed by atoms with E-state index in [1.54, 1.807) is 24.3 Å². The summed E-state index contributed by atoms with van der Waals surface area (Å²) in [6.45, 7) is 3.38. The number of nitrogens with one attached hydrogen (secondary N) is 1. The molecular formula is C25H24N2O5. The molecule has 1 fully saturated rings. The maximum Gasteiger partial charge on any atom is 0.338 e. The van der Waals surface area contributed by atoms with Gasteiger partial charge in [-0.25, -0.2) is 4.79 Å². The number of para-hydroxylation sites is 1. The monoisotopic (exact) mass is 432 g/mol. The van der Waals surface area contributed by atoms with Crippen LogP contribution in [-0.2, 0) is 19.1 Å². The molecule has 2 aromatic rings. The van der Waals surface area contributed by atoms with Gasteiger partial charge in [0.05, 0.1) is 23.1 Å². The smallest absolute Gasteiger partial charge is 0.338 e. The van der Waals surface area contributed by atoms with E-state index in [9.17, 15) is 19.2 Å². The third-order valence-electron chi connectivity index (χ3n) is 5.99. The van der Waals surface area contributed by atoms with Crippen LogP contribution in [0.4, 0.5) is 11.4 Å². The van der Waals surface area contributed by atoms with E-state index in [0.29, 0.717) is 17.8 Å². The molecule has 2 aliphatic rings. The quantitative estimate of drug-likeness (QED) is 0.444. The minimum Gasteiger partial charge on any atom is -0.452 e. The molecule has 0 radical (unpaired) electrons. The van der Waals surface area contributed by atoms with Crippen LogP contribution in [0.15, 0.2) is 60.7 Å². The fraction of sp³-hybridized carbons (Fsp3) is 0.280. The van der Waals surface area contributed by atoms with Crippen LogP contribution in [-0.4, -0.2) is 30.3 Å². The number of anilines is 2. The van der Waals surface area contributed by atoms with Crippen LogP contribution in [0, 0.1) is 24.7 Å². The van der Waals surface area contributed by atoms with Gasteiger partial charge in [0.1, 0.15) is 0 Å². The SMILES string of the molecule is Cc1ccccc1NC(=O)COC(=O)c1ccc(N2C(=O)[C@@H]3[C@@H](C)C=CC[C@H]3C2=O)cc1. The molecule has 0 spiro atoms. The van der Waals surface area contributed by atoms with Crippen LogP contribution in [0.3, 0.4) is 0 Å². The molecule has 2 aromatic carbocycles. The van der Waals surface area contributed by atoms with Gasteiger partial charge in [0.25, 0.3) is 5.91 Å². The van der Waals surface area contributed by atoms with Gasteiger partial charge in [-0.2, -0.15) is 0 Å². The molecule has 7 heteroatoms. The zero-order valence-electron chi connectivity index (χ0n) is 17.9. The van der Waals surface area contributed by atoms with E-state index in [4.69, 9.17) is 4.74 Å². The molecule has 1 aliphatic heterocycles. The predicted molar refractivity (Wildman–Crippen MR) is 119 cm³/mol. The first-order chi connectivity index (χ1) is 15.4. The summed E-state index contributed by atoms with van der Waals surface area (Å²) < 4.78 is 5.09. The van der Waals surface area contributed by atoms with Crippen molar-refractivity contribution in [1.29, 1.82) is 0 Å². The minimum atomic E-state index is -0.665. The molecule has 32 heavy (non-hydrogen) atoms. The average molecular weight is 432 g/mol. The fourth-order valence-electron chi connectivity index (χ4n) is 4.26. The van der Waals surface area contributed by atoms with Crippen molar-refractivity contribution in [3.8, 4) is 0 Å². The van der Waals surface area contributed by atoms with Gasteiger partial charge in [-0.1, -0.05) is 37.3 Å². The third kappa shape index (κ3) is 4.06. The lowest BCUT2D eigenvalue weighted by Crippen LogP contribution is -2.31. The molecule has 1 saturated heterocycles. The highest BCUT2D eigenvalue weighted by molar-refractivity contribution is 6.22. The number of benzene rings is 2. The Morgan fingerprint density at radius 3 is 2.47 bits per heavy atom. The van der Waals surface area contributed by atoms with Gasteiger partial charge in [-0.3, -0.25) is 19.3 Å². The molecule has 4 rings (SSSR count). The van der Waals surface area contributed by atoms with Gasteiger partial charge in [0.2, 0.25) is 11.8 Å². The first-order valence-electron chi connectivity index (χ1n) is 10.5. The molecular weight excluding hydrogens is 408 g/mol. The molecule has 1 heterocycles. The molecule has 0 aromatic heterocycles. The Morgan fingerprint density at radius 1 is 1.06 bits per heavy atom. The van der Waals surface area contributed by atoms with Gasteiger partial charge < -0.3 is 10.1 Å². The Labute approximate surface area is 186 Å². The number of hydrogen-bond acceptors (Lipinski definition) is 5. The Kier molecular flexibility index (Phi) is 5.90. The van der Waals surface area contributed by atoms with E-state index in [-0.39, 0.29) is 35.1 Å². The minimum absolute atomic E-state index is 0.00951. The number of allylic oxidation sites excluding steroid dienone is 2. The van der Waals surface area contributed by atoms with E-state index < -0.39 is 18.5 Å². The summed E-state index contributed by atoms with van der Waals surface area (Å²) in [5.74, 6) is -2.19. The lowest BCUT2D eigenvalue weighted by atomic mass is 9.78. The number of hydrogen-bond donors (Lipinski definition) is 1. The van der Waals surface area contributed by atoms with Crippen molar-refractivity contribution in [2.75, 3.05) is 16.8 Å². The molecule has 0 bridgehead atoms. The number of imide groups is 1. The lowest BCUT2D eigenvalue weighted by molar-refractivity contribution is -0.123. The van der Waals surface area contributed by atoms with Gasteiger partial charge in [0.15, 0.2) is 6.61 Å². The van der Waals surface area contributed by atoms with Crippen molar-refractivity contribution in [2.45, 2.75) is 20.3 Å². The highest BCUT2D eigenvalue weighted by Gasteiger charge is 2.50. The Hall–Kier alpha value is -3.74. The van der Waals surface area contributed by atoms with Crippen molar-refractivity contribution in [3.05, 3.63) is 71.8 Å². The number of carbonyl (C=O) groups is 4. The molecule has 0 saturated carbocycles. The Morgan fingerprint density at radius 2 is 1.78 bits per heavy atom.